The van der Waals surface area contributed by atoms with Crippen LogP contribution in [-0.4, -0.2) is 5.78 Å². The fourth-order valence-corrected chi connectivity index (χ4v) is 5.22. The minimum atomic E-state index is -4.51. The summed E-state index contributed by atoms with van der Waals surface area (Å²) < 4.78 is 41.3. The van der Waals surface area contributed by atoms with Gasteiger partial charge in [0.15, 0.2) is 5.78 Å². The Morgan fingerprint density at radius 2 is 1.48 bits per heavy atom. The van der Waals surface area contributed by atoms with Crippen LogP contribution >= 0.6 is 11.8 Å². The van der Waals surface area contributed by atoms with E-state index in [-0.39, 0.29) is 11.3 Å². The summed E-state index contributed by atoms with van der Waals surface area (Å²) in [5.41, 5.74) is 2.35. The van der Waals surface area contributed by atoms with Crippen LogP contribution in [0.5, 0.6) is 0 Å². The van der Waals surface area contributed by atoms with Gasteiger partial charge >= 0.3 is 6.18 Å². The molecule has 0 saturated heterocycles. The second-order valence-corrected chi connectivity index (χ2v) is 8.01. The standard InChI is InChI=1S/C23H14F3NOS/c24-23(25,26)16-10-4-3-9-15(16)22-19-20(13-7-1-2-8-14(13)21(19)28)27-17-11-5-6-12-18(17)29-22/h1-12,22,27H/t22-/m1/s1. The van der Waals surface area contributed by atoms with E-state index in [1.807, 2.05) is 36.4 Å². The first-order valence-corrected chi connectivity index (χ1v) is 9.90. The quantitative estimate of drug-likeness (QED) is 0.493. The molecule has 2 nitrogen and oxygen atoms in total. The lowest BCUT2D eigenvalue weighted by Gasteiger charge is -2.21. The molecule has 1 aliphatic carbocycles. The third kappa shape index (κ3) is 2.86. The van der Waals surface area contributed by atoms with Crippen LogP contribution in [0.2, 0.25) is 0 Å². The highest BCUT2D eigenvalue weighted by molar-refractivity contribution is 8.00. The summed E-state index contributed by atoms with van der Waals surface area (Å²) in [7, 11) is 0. The molecule has 0 radical (unpaired) electrons. The van der Waals surface area contributed by atoms with Gasteiger partial charge in [-0.2, -0.15) is 13.2 Å². The number of anilines is 1. The first kappa shape index (κ1) is 18.1. The Bertz CT molecular complexity index is 1180. The molecular weight excluding hydrogens is 395 g/mol. The predicted molar refractivity (Wildman–Crippen MR) is 108 cm³/mol. The van der Waals surface area contributed by atoms with Gasteiger partial charge in [0.05, 0.1) is 22.2 Å². The van der Waals surface area contributed by atoms with Crippen molar-refractivity contribution in [2.75, 3.05) is 5.32 Å². The number of alkyl halides is 3. The van der Waals surface area contributed by atoms with Gasteiger partial charge in [-0.15, -0.1) is 11.8 Å². The Kier molecular flexibility index (Phi) is 4.06. The number of hydrogen-bond acceptors (Lipinski definition) is 3. The van der Waals surface area contributed by atoms with E-state index in [0.717, 1.165) is 22.2 Å². The van der Waals surface area contributed by atoms with Gasteiger partial charge < -0.3 is 5.32 Å². The van der Waals surface area contributed by atoms with Gasteiger partial charge in [-0.1, -0.05) is 54.6 Å². The summed E-state index contributed by atoms with van der Waals surface area (Å²) in [5.74, 6) is -0.231. The number of fused-ring (bicyclic) bond motifs is 3. The lowest BCUT2D eigenvalue weighted by Crippen LogP contribution is -2.14. The molecule has 3 aromatic carbocycles. The van der Waals surface area contributed by atoms with Crippen LogP contribution in [0.3, 0.4) is 0 Å². The smallest absolute Gasteiger partial charge is 0.354 e. The molecule has 0 unspecified atom stereocenters. The van der Waals surface area contributed by atoms with Crippen molar-refractivity contribution in [2.45, 2.75) is 16.3 Å². The zero-order valence-corrected chi connectivity index (χ0v) is 15.8. The van der Waals surface area contributed by atoms with Crippen molar-refractivity contribution in [3.8, 4) is 0 Å². The maximum absolute atomic E-state index is 13.8. The third-order valence-corrected chi connectivity index (χ3v) is 6.49. The molecule has 0 fully saturated rings. The molecule has 0 saturated carbocycles. The van der Waals surface area contributed by atoms with E-state index < -0.39 is 17.0 Å². The summed E-state index contributed by atoms with van der Waals surface area (Å²) in [5, 5.41) is 2.54. The van der Waals surface area contributed by atoms with Crippen molar-refractivity contribution in [3.05, 3.63) is 101 Å². The van der Waals surface area contributed by atoms with E-state index in [1.54, 1.807) is 18.2 Å². The van der Waals surface area contributed by atoms with Crippen molar-refractivity contribution in [3.63, 3.8) is 0 Å². The summed E-state index contributed by atoms with van der Waals surface area (Å²) in [6.45, 7) is 0. The van der Waals surface area contributed by atoms with Gasteiger partial charge in [0.2, 0.25) is 0 Å². The second kappa shape index (κ2) is 6.52. The number of nitrogens with one attached hydrogen (secondary N) is 1. The van der Waals surface area contributed by atoms with Crippen LogP contribution in [0, 0.1) is 0 Å². The molecule has 1 aliphatic heterocycles. The Labute approximate surface area is 169 Å². The predicted octanol–water partition coefficient (Wildman–Crippen LogP) is 6.57. The lowest BCUT2D eigenvalue weighted by atomic mass is 9.96. The average molecular weight is 409 g/mol. The number of thioether (sulfide) groups is 1. The monoisotopic (exact) mass is 409 g/mol. The van der Waals surface area contributed by atoms with Gasteiger partial charge in [-0.05, 0) is 23.8 Å². The SMILES string of the molecule is O=C1C2=C(Nc3ccccc3S[C@@H]2c2ccccc2C(F)(F)F)c2ccccc21. The molecular formula is C23H14F3NOS. The zero-order valence-electron chi connectivity index (χ0n) is 15.0. The van der Waals surface area contributed by atoms with Crippen LogP contribution in [0.15, 0.2) is 83.3 Å². The molecule has 1 heterocycles. The number of carbonyl (C=O) groups excluding carboxylic acids is 1. The normalized spacial score (nSPS) is 17.9. The van der Waals surface area contributed by atoms with E-state index in [9.17, 15) is 18.0 Å². The summed E-state index contributed by atoms with van der Waals surface area (Å²) in [4.78, 5) is 14.1. The van der Waals surface area contributed by atoms with Gasteiger partial charge in [0.25, 0.3) is 0 Å². The van der Waals surface area contributed by atoms with Gasteiger partial charge in [-0.3, -0.25) is 4.79 Å². The Hall–Kier alpha value is -2.99. The zero-order chi connectivity index (χ0) is 20.2. The minimum Gasteiger partial charge on any atom is -0.354 e. The van der Waals surface area contributed by atoms with Crippen molar-refractivity contribution in [1.82, 2.24) is 0 Å². The van der Waals surface area contributed by atoms with Crippen molar-refractivity contribution >= 4 is 28.9 Å². The number of halogens is 3. The number of ketones is 1. The van der Waals surface area contributed by atoms with Gasteiger partial charge in [-0.25, -0.2) is 0 Å². The van der Waals surface area contributed by atoms with Crippen LogP contribution < -0.4 is 5.32 Å². The highest BCUT2D eigenvalue weighted by Crippen LogP contribution is 2.54. The molecule has 0 amide bonds. The fraction of sp³-hybridized carbons (Fsp3) is 0.0870. The maximum atomic E-state index is 13.8. The number of para-hydroxylation sites is 1. The number of Topliss-reactive ketones (excluding diaryl/α,β-unsaturated/α-hetero) is 1. The Balaban J connectivity index is 1.78. The maximum Gasteiger partial charge on any atom is 0.416 e. The second-order valence-electron chi connectivity index (χ2n) is 6.87. The van der Waals surface area contributed by atoms with Crippen LogP contribution in [-0.2, 0) is 6.18 Å². The highest BCUT2D eigenvalue weighted by Gasteiger charge is 2.42. The van der Waals surface area contributed by atoms with E-state index in [1.165, 1.54) is 23.9 Å². The fourth-order valence-electron chi connectivity index (χ4n) is 3.88. The first-order chi connectivity index (χ1) is 13.9. The number of rotatable bonds is 1. The van der Waals surface area contributed by atoms with Crippen LogP contribution in [0.25, 0.3) is 5.70 Å². The molecule has 3 aromatic rings. The van der Waals surface area contributed by atoms with Crippen molar-refractivity contribution in [2.24, 2.45) is 0 Å². The topological polar surface area (TPSA) is 29.1 Å². The van der Waals surface area contributed by atoms with E-state index >= 15 is 0 Å². The molecule has 0 spiro atoms. The number of benzene rings is 3. The molecule has 1 atom stereocenters. The van der Waals surface area contributed by atoms with Crippen LogP contribution in [0.1, 0.15) is 32.3 Å². The lowest BCUT2D eigenvalue weighted by molar-refractivity contribution is -0.138. The molecule has 1 N–H and O–H groups in total. The number of hydrogen-bond donors (Lipinski definition) is 1. The minimum absolute atomic E-state index is 0.0946. The highest BCUT2D eigenvalue weighted by atomic mass is 32.2. The van der Waals surface area contributed by atoms with Crippen molar-refractivity contribution in [1.29, 1.82) is 0 Å². The summed E-state index contributed by atoms with van der Waals surface area (Å²) in [6.07, 6.45) is -4.51. The largest absolute Gasteiger partial charge is 0.416 e. The van der Waals surface area contributed by atoms with Gasteiger partial charge in [0, 0.05) is 21.6 Å². The summed E-state index contributed by atoms with van der Waals surface area (Å²) >= 11 is 1.27. The van der Waals surface area contributed by atoms with Crippen LogP contribution in [0.4, 0.5) is 18.9 Å². The molecule has 0 bridgehead atoms. The van der Waals surface area contributed by atoms with Crippen molar-refractivity contribution < 1.29 is 18.0 Å². The number of carbonyl (C=O) groups is 1. The first-order valence-electron chi connectivity index (χ1n) is 9.02. The summed E-state index contributed by atoms with van der Waals surface area (Å²) in [6, 6.07) is 20.1. The average Bonchev–Trinajstić information content (AvgIpc) is 2.88. The van der Waals surface area contributed by atoms with Gasteiger partial charge in [0.1, 0.15) is 0 Å². The third-order valence-electron chi connectivity index (χ3n) is 5.16. The molecule has 2 aliphatic rings. The van der Waals surface area contributed by atoms with E-state index in [2.05, 4.69) is 5.32 Å². The van der Waals surface area contributed by atoms with E-state index in [0.29, 0.717) is 16.8 Å². The molecule has 144 valence electrons. The molecule has 6 heteroatoms. The molecule has 0 aromatic heterocycles. The Morgan fingerprint density at radius 3 is 2.28 bits per heavy atom. The Morgan fingerprint density at radius 1 is 0.828 bits per heavy atom. The van der Waals surface area contributed by atoms with E-state index in [4.69, 9.17) is 0 Å². The molecule has 5 rings (SSSR count). The molecule has 29 heavy (non-hydrogen) atoms.